The monoisotopic (exact) mass is 696 g/mol. The smallest absolute Gasteiger partial charge is 0.362 e. The summed E-state index contributed by atoms with van der Waals surface area (Å²) in [6.45, 7) is 0. The van der Waals surface area contributed by atoms with Crippen molar-refractivity contribution < 1.29 is 52.0 Å². The first-order valence-corrected chi connectivity index (χ1v) is 14.8. The maximum absolute atomic E-state index is 13.3. The quantitative estimate of drug-likeness (QED) is 0.168. The average Bonchev–Trinajstić information content (AvgIpc) is 4.02. The molecule has 4 aromatic heterocycles. The van der Waals surface area contributed by atoms with Gasteiger partial charge in [-0.05, 0) is 43.2 Å². The van der Waals surface area contributed by atoms with Crippen LogP contribution in [0.25, 0.3) is 0 Å². The molecule has 0 spiro atoms. The molecule has 4 unspecified atom stereocenters. The van der Waals surface area contributed by atoms with Crippen LogP contribution in [0.5, 0.6) is 29.1 Å². The Morgan fingerprint density at radius 2 is 1.42 bits per heavy atom. The molecule has 4 atom stereocenters. The Balaban J connectivity index is 1.37. The predicted octanol–water partition coefficient (Wildman–Crippen LogP) is 4.37. The zero-order valence-electron chi connectivity index (χ0n) is 24.1. The van der Waals surface area contributed by atoms with Crippen molar-refractivity contribution in [1.29, 1.82) is 0 Å². The van der Waals surface area contributed by atoms with Crippen LogP contribution in [-0.2, 0) is 9.59 Å². The van der Waals surface area contributed by atoms with E-state index in [1.807, 2.05) is 0 Å². The van der Waals surface area contributed by atoms with Gasteiger partial charge in [0.05, 0.1) is 23.0 Å². The molecule has 14 nitrogen and oxygen atoms in total. The van der Waals surface area contributed by atoms with E-state index in [-0.39, 0.29) is 29.1 Å². The lowest BCUT2D eigenvalue weighted by Crippen LogP contribution is -2.19. The third-order valence-corrected chi connectivity index (χ3v) is 7.57. The zero-order chi connectivity index (χ0) is 33.9. The van der Waals surface area contributed by atoms with Crippen LogP contribution < -0.4 is 23.7 Å². The molecule has 0 radical (unpaired) electrons. The molecule has 0 aromatic carbocycles. The number of esters is 5. The molecule has 2 aliphatic rings. The molecule has 244 valence electrons. The van der Waals surface area contributed by atoms with Crippen molar-refractivity contribution in [3.8, 4) is 29.1 Å². The van der Waals surface area contributed by atoms with Crippen LogP contribution in [0.15, 0.2) is 67.3 Å². The Labute approximate surface area is 279 Å². The van der Waals surface area contributed by atoms with Crippen molar-refractivity contribution in [2.45, 2.75) is 24.4 Å². The highest BCUT2D eigenvalue weighted by Crippen LogP contribution is 2.47. The van der Waals surface area contributed by atoms with E-state index in [1.165, 1.54) is 48.9 Å². The van der Waals surface area contributed by atoms with Gasteiger partial charge in [-0.15, -0.1) is 11.6 Å². The van der Waals surface area contributed by atoms with Crippen LogP contribution >= 0.6 is 23.2 Å². The maximum Gasteiger partial charge on any atom is 0.362 e. The van der Waals surface area contributed by atoms with E-state index in [0.29, 0.717) is 6.42 Å². The van der Waals surface area contributed by atoms with Crippen LogP contribution in [0.3, 0.4) is 0 Å². The van der Waals surface area contributed by atoms with Gasteiger partial charge in [0.15, 0.2) is 0 Å². The minimum atomic E-state index is -1.32. The summed E-state index contributed by atoms with van der Waals surface area (Å²) in [5.41, 5.74) is -0.466. The molecular weight excluding hydrogens is 678 g/mol. The van der Waals surface area contributed by atoms with Gasteiger partial charge in [0.1, 0.15) is 16.9 Å². The van der Waals surface area contributed by atoms with E-state index >= 15 is 0 Å². The van der Waals surface area contributed by atoms with E-state index < -0.39 is 81.5 Å². The Bertz CT molecular complexity index is 1940. The van der Waals surface area contributed by atoms with Crippen molar-refractivity contribution in [1.82, 2.24) is 19.9 Å². The summed E-state index contributed by atoms with van der Waals surface area (Å²) in [4.78, 5) is 79.8. The van der Waals surface area contributed by atoms with Crippen molar-refractivity contribution >= 4 is 53.0 Å². The number of aromatic nitrogens is 4. The number of rotatable bonds is 10. The maximum atomic E-state index is 13.3. The van der Waals surface area contributed by atoms with Gasteiger partial charge in [0.25, 0.3) is 11.8 Å². The van der Waals surface area contributed by atoms with Crippen molar-refractivity contribution in [3.05, 3.63) is 89.1 Å². The zero-order valence-corrected chi connectivity index (χ0v) is 25.6. The fraction of sp³-hybridized carbons (Fsp3) is 0.194. The second-order valence-corrected chi connectivity index (χ2v) is 11.2. The number of nitrogens with zero attached hydrogens (tertiary/aromatic N) is 4. The van der Waals surface area contributed by atoms with E-state index in [2.05, 4.69) is 19.9 Å². The topological polar surface area (TPSA) is 183 Å². The molecule has 48 heavy (non-hydrogen) atoms. The van der Waals surface area contributed by atoms with E-state index in [1.54, 1.807) is 6.07 Å². The number of carbonyl (C=O) groups excluding carboxylic acids is 5. The fourth-order valence-corrected chi connectivity index (χ4v) is 4.50. The minimum Gasteiger partial charge on any atom is -0.415 e. The van der Waals surface area contributed by atoms with Crippen molar-refractivity contribution in [3.63, 3.8) is 0 Å². The van der Waals surface area contributed by atoms with Gasteiger partial charge in [-0.25, -0.2) is 28.7 Å². The number of ether oxygens (including phenoxy) is 5. The Hall–Kier alpha value is -5.54. The van der Waals surface area contributed by atoms with Crippen LogP contribution in [0.4, 0.5) is 4.39 Å². The highest BCUT2D eigenvalue weighted by molar-refractivity contribution is 6.34. The van der Waals surface area contributed by atoms with Crippen molar-refractivity contribution in [2.75, 3.05) is 0 Å². The molecule has 6 rings (SSSR count). The largest absolute Gasteiger partial charge is 0.415 e. The molecule has 0 aliphatic heterocycles. The van der Waals surface area contributed by atoms with Gasteiger partial charge >= 0.3 is 29.8 Å². The third-order valence-electron chi connectivity index (χ3n) is 6.74. The number of alkyl halides is 2. The van der Waals surface area contributed by atoms with Gasteiger partial charge in [-0.3, -0.25) is 14.6 Å². The number of hydrogen-bond acceptors (Lipinski definition) is 14. The molecule has 2 fully saturated rings. The molecule has 0 bridgehead atoms. The third kappa shape index (κ3) is 7.37. The number of halogens is 3. The Morgan fingerprint density at radius 3 is 2.06 bits per heavy atom. The number of hydrogen-bond donors (Lipinski definition) is 0. The summed E-state index contributed by atoms with van der Waals surface area (Å²) in [5.74, 6) is -9.88. The summed E-state index contributed by atoms with van der Waals surface area (Å²) in [7, 11) is 0. The lowest BCUT2D eigenvalue weighted by atomic mass is 10.2. The average molecular weight is 697 g/mol. The van der Waals surface area contributed by atoms with Gasteiger partial charge in [0, 0.05) is 36.2 Å². The lowest BCUT2D eigenvalue weighted by molar-refractivity contribution is -0.137. The van der Waals surface area contributed by atoms with E-state index in [0.717, 1.165) is 12.3 Å². The fourth-order valence-electron chi connectivity index (χ4n) is 3.97. The van der Waals surface area contributed by atoms with Crippen molar-refractivity contribution in [2.24, 2.45) is 11.8 Å². The first kappa shape index (κ1) is 32.4. The predicted molar refractivity (Wildman–Crippen MR) is 159 cm³/mol. The highest BCUT2D eigenvalue weighted by Gasteiger charge is 2.46. The number of carbonyl (C=O) groups is 5. The lowest BCUT2D eigenvalue weighted by Gasteiger charge is -2.17. The summed E-state index contributed by atoms with van der Waals surface area (Å²) < 4.78 is 40.0. The SMILES string of the molecule is O=C(Oc1nc(OC(=O)C2CC2Cl)c(OC(=O)c2cccnc2)c(Cl)c1OC(=O)c1ccccn1)c1ccnc(OC(=O)C2CC2F)c1. The molecular formula is C31H19Cl2FN4O10. The van der Waals surface area contributed by atoms with Gasteiger partial charge in [-0.2, -0.15) is 4.98 Å². The molecule has 4 aromatic rings. The summed E-state index contributed by atoms with van der Waals surface area (Å²) in [5, 5.41) is -1.18. The molecule has 0 N–H and O–H groups in total. The van der Waals surface area contributed by atoms with Crippen LogP contribution in [0.2, 0.25) is 5.02 Å². The number of pyridine rings is 4. The molecule has 4 heterocycles. The molecule has 2 aliphatic carbocycles. The second-order valence-electron chi connectivity index (χ2n) is 10.3. The van der Waals surface area contributed by atoms with E-state index in [9.17, 15) is 28.4 Å². The van der Waals surface area contributed by atoms with Crippen LogP contribution in [0.1, 0.15) is 44.0 Å². The molecule has 0 saturated heterocycles. The molecule has 2 saturated carbocycles. The Morgan fingerprint density at radius 1 is 0.729 bits per heavy atom. The molecule has 0 amide bonds. The van der Waals surface area contributed by atoms with Gasteiger partial charge in [0.2, 0.25) is 17.4 Å². The summed E-state index contributed by atoms with van der Waals surface area (Å²) >= 11 is 12.6. The van der Waals surface area contributed by atoms with Gasteiger partial charge in [-0.1, -0.05) is 17.7 Å². The summed E-state index contributed by atoms with van der Waals surface area (Å²) in [6.07, 6.45) is 4.02. The Kier molecular flexibility index (Phi) is 9.23. The first-order chi connectivity index (χ1) is 23.1. The second kappa shape index (κ2) is 13.7. The van der Waals surface area contributed by atoms with Crippen LogP contribution in [-0.4, -0.2) is 61.3 Å². The van der Waals surface area contributed by atoms with Crippen LogP contribution in [0, 0.1) is 11.8 Å². The standard InChI is InChI=1S/C31H19Cl2FN4O10/c32-18-11-16(18)29(41)48-26-23(45-28(40)15-4-3-7-35-13-15)22(33)24(46-31(43)20-5-1-2-8-36-20)25(38-26)47-27(39)14-6-9-37-21(10-14)44-30(42)17-12-19(17)34/h1-10,13,16-19H,11-12H2. The normalized spacial score (nSPS) is 19.0. The summed E-state index contributed by atoms with van der Waals surface area (Å²) in [6, 6.07) is 9.43. The first-order valence-electron chi connectivity index (χ1n) is 14.0. The molecule has 17 heteroatoms. The van der Waals surface area contributed by atoms with Gasteiger partial charge < -0.3 is 23.7 Å². The van der Waals surface area contributed by atoms with E-state index in [4.69, 9.17) is 46.9 Å². The highest BCUT2D eigenvalue weighted by atomic mass is 35.5. The minimum absolute atomic E-state index is 0.0136.